The Hall–Kier alpha value is -1.84. The van der Waals surface area contributed by atoms with Crippen molar-refractivity contribution >= 4 is 19.9 Å². The lowest BCUT2D eigenvalue weighted by Gasteiger charge is -2.30. The van der Waals surface area contributed by atoms with Gasteiger partial charge in [0.2, 0.25) is 10.0 Å². The van der Waals surface area contributed by atoms with Crippen LogP contribution in [-0.4, -0.2) is 52.3 Å². The number of piperidine rings is 1. The molecule has 1 aliphatic heterocycles. The van der Waals surface area contributed by atoms with Crippen molar-refractivity contribution in [3.63, 3.8) is 0 Å². The van der Waals surface area contributed by atoms with E-state index < -0.39 is 25.1 Å². The van der Waals surface area contributed by atoms with Gasteiger partial charge in [0.25, 0.3) is 0 Å². The van der Waals surface area contributed by atoms with Gasteiger partial charge in [0.15, 0.2) is 9.84 Å². The van der Waals surface area contributed by atoms with Gasteiger partial charge in [0, 0.05) is 13.1 Å². The molecular formula is C19H25NO6S2. The largest absolute Gasteiger partial charge is 0.497 e. The highest BCUT2D eigenvalue weighted by Crippen LogP contribution is 2.24. The Kier molecular flexibility index (Phi) is 6.47. The number of nitrogens with zero attached hydrogens (tertiary/aromatic N) is 1. The van der Waals surface area contributed by atoms with Crippen LogP contribution in [0.5, 0.6) is 5.75 Å². The van der Waals surface area contributed by atoms with Crippen LogP contribution < -0.4 is 4.74 Å². The molecular weight excluding hydrogens is 402 g/mol. The maximum atomic E-state index is 12.6. The fraction of sp³-hybridized carbons (Fsp3) is 0.474. The van der Waals surface area contributed by atoms with E-state index in [0.29, 0.717) is 25.0 Å². The second-order valence-corrected chi connectivity index (χ2v) is 11.3. The average Bonchev–Trinajstić information content (AvgIpc) is 3.19. The molecule has 0 spiro atoms. The molecule has 1 aromatic carbocycles. The van der Waals surface area contributed by atoms with Gasteiger partial charge in [0.1, 0.15) is 17.3 Å². The summed E-state index contributed by atoms with van der Waals surface area (Å²) in [4.78, 5) is 0. The highest BCUT2D eigenvalue weighted by atomic mass is 32.2. The third-order valence-corrected chi connectivity index (χ3v) is 9.08. The second kappa shape index (κ2) is 8.67. The maximum absolute atomic E-state index is 12.6. The predicted molar refractivity (Wildman–Crippen MR) is 106 cm³/mol. The third-order valence-electron chi connectivity index (χ3n) is 5.03. The van der Waals surface area contributed by atoms with Crippen LogP contribution in [0.3, 0.4) is 0 Å². The molecule has 0 N–H and O–H groups in total. The molecule has 1 saturated heterocycles. The standard InChI is InChI=1S/C19H25NO6S2/c1-25-17-6-4-16(5-7-17)10-14-28(23,24)20-11-8-19(9-12-20)27(21,22)15-18-3-2-13-26-18/h2-7,13,19H,8-12,14-15H2,1H3. The Morgan fingerprint density at radius 3 is 2.32 bits per heavy atom. The summed E-state index contributed by atoms with van der Waals surface area (Å²) in [6.45, 7) is 0.458. The van der Waals surface area contributed by atoms with Gasteiger partial charge in [-0.2, -0.15) is 0 Å². The Morgan fingerprint density at radius 2 is 1.75 bits per heavy atom. The van der Waals surface area contributed by atoms with Gasteiger partial charge in [-0.15, -0.1) is 0 Å². The molecule has 1 fully saturated rings. The minimum absolute atomic E-state index is 0.00312. The van der Waals surface area contributed by atoms with Gasteiger partial charge in [-0.1, -0.05) is 12.1 Å². The zero-order chi connectivity index (χ0) is 20.2. The summed E-state index contributed by atoms with van der Waals surface area (Å²) in [5, 5.41) is -0.536. The fourth-order valence-electron chi connectivity index (χ4n) is 3.35. The number of ether oxygens (including phenoxy) is 1. The fourth-order valence-corrected chi connectivity index (χ4v) is 6.59. The van der Waals surface area contributed by atoms with Gasteiger partial charge in [-0.05, 0) is 49.1 Å². The van der Waals surface area contributed by atoms with E-state index >= 15 is 0 Å². The van der Waals surface area contributed by atoms with E-state index in [1.165, 1.54) is 10.6 Å². The van der Waals surface area contributed by atoms with Gasteiger partial charge < -0.3 is 9.15 Å². The van der Waals surface area contributed by atoms with Crippen LogP contribution >= 0.6 is 0 Å². The van der Waals surface area contributed by atoms with Gasteiger partial charge in [0.05, 0.1) is 24.4 Å². The summed E-state index contributed by atoms with van der Waals surface area (Å²) in [7, 11) is -5.21. The zero-order valence-corrected chi connectivity index (χ0v) is 17.4. The third kappa shape index (κ3) is 5.15. The molecule has 1 aliphatic rings. The van der Waals surface area contributed by atoms with Crippen LogP contribution in [0, 0.1) is 0 Å². The summed E-state index contributed by atoms with van der Waals surface area (Å²) < 4.78 is 62.0. The topological polar surface area (TPSA) is 93.9 Å². The predicted octanol–water partition coefficient (Wildman–Crippen LogP) is 2.24. The molecule has 7 nitrogen and oxygen atoms in total. The van der Waals surface area contributed by atoms with Crippen molar-refractivity contribution in [1.29, 1.82) is 0 Å². The first-order valence-corrected chi connectivity index (χ1v) is 12.5. The molecule has 0 atom stereocenters. The Morgan fingerprint density at radius 1 is 1.07 bits per heavy atom. The second-order valence-electron chi connectivity index (χ2n) is 6.90. The summed E-state index contributed by atoms with van der Waals surface area (Å²) in [6.07, 6.45) is 2.47. The number of sulfonamides is 1. The van der Waals surface area contributed by atoms with E-state index in [2.05, 4.69) is 0 Å². The summed E-state index contributed by atoms with van der Waals surface area (Å²) in [6, 6.07) is 10.6. The normalized spacial score (nSPS) is 16.9. The van der Waals surface area contributed by atoms with Crippen LogP contribution in [0.25, 0.3) is 0 Å². The van der Waals surface area contributed by atoms with Crippen LogP contribution in [0.15, 0.2) is 47.1 Å². The zero-order valence-electron chi connectivity index (χ0n) is 15.8. The molecule has 0 aliphatic carbocycles. The van der Waals surface area contributed by atoms with E-state index in [9.17, 15) is 16.8 Å². The van der Waals surface area contributed by atoms with Crippen LogP contribution in [0.2, 0.25) is 0 Å². The molecule has 9 heteroatoms. The van der Waals surface area contributed by atoms with Crippen molar-refractivity contribution in [3.05, 3.63) is 54.0 Å². The number of methoxy groups -OCH3 is 1. The smallest absolute Gasteiger partial charge is 0.214 e. The van der Waals surface area contributed by atoms with Crippen molar-refractivity contribution in [1.82, 2.24) is 4.31 Å². The Bertz CT molecular complexity index is 958. The number of benzene rings is 1. The van der Waals surface area contributed by atoms with Gasteiger partial charge in [-0.3, -0.25) is 0 Å². The maximum Gasteiger partial charge on any atom is 0.214 e. The van der Waals surface area contributed by atoms with Crippen molar-refractivity contribution < 1.29 is 26.0 Å². The minimum Gasteiger partial charge on any atom is -0.497 e. The number of rotatable bonds is 8. The average molecular weight is 428 g/mol. The molecule has 0 saturated carbocycles. The van der Waals surface area contributed by atoms with Crippen LogP contribution in [0.4, 0.5) is 0 Å². The lowest BCUT2D eigenvalue weighted by molar-refractivity contribution is 0.345. The van der Waals surface area contributed by atoms with E-state index in [-0.39, 0.29) is 24.6 Å². The SMILES string of the molecule is COc1ccc(CCS(=O)(=O)N2CCC(S(=O)(=O)Cc3ccco3)CC2)cc1. The highest BCUT2D eigenvalue weighted by molar-refractivity contribution is 7.91. The monoisotopic (exact) mass is 427 g/mol. The van der Waals surface area contributed by atoms with Crippen molar-refractivity contribution in [3.8, 4) is 5.75 Å². The molecule has 3 rings (SSSR count). The van der Waals surface area contributed by atoms with E-state index in [0.717, 1.165) is 11.3 Å². The summed E-state index contributed by atoms with van der Waals surface area (Å²) >= 11 is 0. The first kappa shape index (κ1) is 20.9. The van der Waals surface area contributed by atoms with Gasteiger partial charge in [-0.25, -0.2) is 21.1 Å². The van der Waals surface area contributed by atoms with E-state index in [1.54, 1.807) is 31.4 Å². The molecule has 0 radical (unpaired) electrons. The summed E-state index contributed by atoms with van der Waals surface area (Å²) in [5.74, 6) is 0.997. The Balaban J connectivity index is 1.54. The van der Waals surface area contributed by atoms with E-state index in [1.807, 2.05) is 12.1 Å². The quantitative estimate of drug-likeness (QED) is 0.641. The van der Waals surface area contributed by atoms with Crippen molar-refractivity contribution in [2.45, 2.75) is 30.3 Å². The molecule has 0 unspecified atom stereocenters. The van der Waals surface area contributed by atoms with E-state index in [4.69, 9.17) is 9.15 Å². The molecule has 154 valence electrons. The first-order chi connectivity index (χ1) is 13.3. The number of sulfone groups is 1. The van der Waals surface area contributed by atoms with Crippen molar-refractivity contribution in [2.24, 2.45) is 0 Å². The van der Waals surface area contributed by atoms with Gasteiger partial charge >= 0.3 is 0 Å². The molecule has 0 bridgehead atoms. The number of furan rings is 1. The Labute approximate surface area is 166 Å². The summed E-state index contributed by atoms with van der Waals surface area (Å²) in [5.41, 5.74) is 0.917. The molecule has 0 amide bonds. The number of hydrogen-bond acceptors (Lipinski definition) is 6. The lowest BCUT2D eigenvalue weighted by atomic mass is 10.2. The van der Waals surface area contributed by atoms with Crippen molar-refractivity contribution in [2.75, 3.05) is 26.0 Å². The number of aryl methyl sites for hydroxylation is 1. The van der Waals surface area contributed by atoms with Crippen LogP contribution in [0.1, 0.15) is 24.2 Å². The minimum atomic E-state index is -3.43. The molecule has 2 heterocycles. The number of hydrogen-bond donors (Lipinski definition) is 0. The molecule has 1 aromatic heterocycles. The lowest BCUT2D eigenvalue weighted by Crippen LogP contribution is -2.43. The molecule has 2 aromatic rings. The molecule has 28 heavy (non-hydrogen) atoms. The highest BCUT2D eigenvalue weighted by Gasteiger charge is 2.34. The van der Waals surface area contributed by atoms with Crippen LogP contribution in [-0.2, 0) is 32.0 Å². The first-order valence-electron chi connectivity index (χ1n) is 9.15.